The maximum absolute atomic E-state index is 14.4. The topological polar surface area (TPSA) is 9.23 Å². The van der Waals surface area contributed by atoms with Crippen LogP contribution in [0.5, 0.6) is 5.75 Å². The molecule has 6 aromatic carbocycles. The highest BCUT2D eigenvalue weighted by atomic mass is 19.3. The van der Waals surface area contributed by atoms with E-state index in [2.05, 4.69) is 93.1 Å². The van der Waals surface area contributed by atoms with Gasteiger partial charge in [-0.2, -0.15) is 8.78 Å². The van der Waals surface area contributed by atoms with Crippen molar-refractivity contribution in [3.8, 4) is 39.1 Å². The molecule has 0 spiro atoms. The molecular weight excluding hydrogens is 677 g/mol. The highest BCUT2D eigenvalue weighted by Crippen LogP contribution is 2.38. The lowest BCUT2D eigenvalue weighted by Crippen LogP contribution is -2.25. The molecule has 6 rings (SSSR count). The number of hydrogen-bond donors (Lipinski definition) is 0. The number of aryl methyl sites for hydroxylation is 3. The van der Waals surface area contributed by atoms with Gasteiger partial charge in [-0.15, -0.1) is 0 Å². The van der Waals surface area contributed by atoms with Crippen molar-refractivity contribution >= 4 is 0 Å². The highest BCUT2D eigenvalue weighted by Gasteiger charge is 2.41. The number of hydrogen-bond acceptors (Lipinski definition) is 1. The monoisotopic (exact) mass is 714 g/mol. The first-order valence-corrected chi connectivity index (χ1v) is 16.7. The lowest BCUT2D eigenvalue weighted by atomic mass is 9.90. The van der Waals surface area contributed by atoms with Crippen molar-refractivity contribution in [2.24, 2.45) is 0 Å². The summed E-state index contributed by atoms with van der Waals surface area (Å²) in [6, 6.07) is 30.5. The van der Waals surface area contributed by atoms with Gasteiger partial charge in [-0.25, -0.2) is 22.0 Å². The van der Waals surface area contributed by atoms with E-state index < -0.39 is 46.5 Å². The van der Waals surface area contributed by atoms with E-state index in [9.17, 15) is 30.7 Å². The quantitative estimate of drug-likeness (QED) is 0.113. The molecule has 0 fully saturated rings. The fraction of sp³-hybridized carbons (Fsp3) is 0.182. The first-order valence-electron chi connectivity index (χ1n) is 16.7. The van der Waals surface area contributed by atoms with Crippen LogP contribution in [0.25, 0.3) is 33.4 Å². The van der Waals surface area contributed by atoms with Crippen molar-refractivity contribution in [1.82, 2.24) is 0 Å². The van der Waals surface area contributed by atoms with E-state index in [1.165, 1.54) is 44.5 Å². The molecule has 0 aliphatic carbocycles. The Labute approximate surface area is 299 Å². The highest BCUT2D eigenvalue weighted by molar-refractivity contribution is 5.77. The van der Waals surface area contributed by atoms with Gasteiger partial charge in [0.05, 0.1) is 0 Å². The van der Waals surface area contributed by atoms with E-state index in [-0.39, 0.29) is 17.7 Å². The predicted molar refractivity (Wildman–Crippen MR) is 193 cm³/mol. The number of benzene rings is 6. The number of ether oxygens (including phenoxy) is 1. The molecule has 0 unspecified atom stereocenters. The van der Waals surface area contributed by atoms with Crippen LogP contribution in [0, 0.1) is 56.8 Å². The van der Waals surface area contributed by atoms with Gasteiger partial charge in [-0.1, -0.05) is 109 Å². The van der Waals surface area contributed by atoms with Crippen LogP contribution in [0.1, 0.15) is 46.7 Å². The summed E-state index contributed by atoms with van der Waals surface area (Å²) in [5.74, 6) is -9.83. The second-order valence-corrected chi connectivity index (χ2v) is 12.7. The summed E-state index contributed by atoms with van der Waals surface area (Å²) in [6.45, 7) is 10.7. The van der Waals surface area contributed by atoms with Gasteiger partial charge in [0.2, 0.25) is 0 Å². The molecule has 0 heterocycles. The zero-order valence-corrected chi connectivity index (χ0v) is 29.4. The second-order valence-electron chi connectivity index (χ2n) is 12.7. The van der Waals surface area contributed by atoms with E-state index >= 15 is 0 Å². The van der Waals surface area contributed by atoms with Gasteiger partial charge < -0.3 is 4.74 Å². The minimum absolute atomic E-state index is 0.0199. The summed E-state index contributed by atoms with van der Waals surface area (Å²) in [6.07, 6.45) is -2.89. The molecule has 8 heteroatoms. The van der Waals surface area contributed by atoms with Crippen molar-refractivity contribution in [3.05, 3.63) is 172 Å². The van der Waals surface area contributed by atoms with E-state index in [1.54, 1.807) is 24.3 Å². The molecule has 0 saturated carbocycles. The standard InChI is InChI=1S/C22H15F7O.C22H22/c1-2-3-12-4-6-13(7-5-12)14-8-16(23)20(17(24)9-14)22(28,29)30-15-10-18(25)21(27)19(26)11-15;1-15-5-9-19(10-6-15)21-13-14-22(18(4)17(21)3)20-11-7-16(2)8-12-20/h4-11H,2-3H2,1H3;5-14H,1-4H3. The molecule has 0 atom stereocenters. The van der Waals surface area contributed by atoms with Crippen molar-refractivity contribution in [3.63, 3.8) is 0 Å². The SMILES string of the molecule is CCCc1ccc(-c2cc(F)c(C(F)(F)Oc3cc(F)c(F)c(F)c3)c(F)c2)cc1.Cc1ccc(-c2ccc(-c3ccc(C)cc3)c(C)c2C)cc1. The van der Waals surface area contributed by atoms with Crippen LogP contribution < -0.4 is 4.74 Å². The summed E-state index contributed by atoms with van der Waals surface area (Å²) in [4.78, 5) is 0. The Hall–Kier alpha value is -5.37. The molecule has 268 valence electrons. The zero-order valence-electron chi connectivity index (χ0n) is 29.4. The van der Waals surface area contributed by atoms with Crippen molar-refractivity contribution in [1.29, 1.82) is 0 Å². The Balaban J connectivity index is 0.000000210. The molecule has 0 radical (unpaired) electrons. The van der Waals surface area contributed by atoms with Gasteiger partial charge in [0.15, 0.2) is 17.5 Å². The van der Waals surface area contributed by atoms with Crippen molar-refractivity contribution in [2.75, 3.05) is 0 Å². The molecule has 0 aliphatic rings. The lowest BCUT2D eigenvalue weighted by Gasteiger charge is -2.20. The summed E-state index contributed by atoms with van der Waals surface area (Å²) >= 11 is 0. The van der Waals surface area contributed by atoms with Crippen LogP contribution in [-0.2, 0) is 12.5 Å². The van der Waals surface area contributed by atoms with Crippen LogP contribution >= 0.6 is 0 Å². The van der Waals surface area contributed by atoms with E-state index in [4.69, 9.17) is 0 Å². The molecule has 0 saturated heterocycles. The van der Waals surface area contributed by atoms with Crippen LogP contribution in [0.3, 0.4) is 0 Å². The summed E-state index contributed by atoms with van der Waals surface area (Å²) in [5.41, 5.74) is 10.3. The first-order chi connectivity index (χ1) is 24.7. The zero-order chi connectivity index (χ0) is 37.7. The molecule has 0 amide bonds. The van der Waals surface area contributed by atoms with Gasteiger partial charge in [0, 0.05) is 12.1 Å². The second kappa shape index (κ2) is 15.9. The molecule has 6 aromatic rings. The molecular formula is C44H37F7O. The predicted octanol–water partition coefficient (Wildman–Crippen LogP) is 13.4. The molecule has 0 aliphatic heterocycles. The first kappa shape index (κ1) is 37.9. The van der Waals surface area contributed by atoms with Gasteiger partial charge >= 0.3 is 6.11 Å². The Morgan fingerprint density at radius 2 is 0.923 bits per heavy atom. The smallest absolute Gasteiger partial charge is 0.429 e. The Morgan fingerprint density at radius 3 is 1.35 bits per heavy atom. The van der Waals surface area contributed by atoms with Gasteiger partial charge in [0.1, 0.15) is 22.9 Å². The fourth-order valence-electron chi connectivity index (χ4n) is 5.87. The maximum atomic E-state index is 14.4. The van der Waals surface area contributed by atoms with Gasteiger partial charge in [-0.3, -0.25) is 0 Å². The molecule has 1 nitrogen and oxygen atoms in total. The molecule has 0 bridgehead atoms. The maximum Gasteiger partial charge on any atom is 0.432 e. The summed E-state index contributed by atoms with van der Waals surface area (Å²) < 4.78 is 101. The fourth-order valence-corrected chi connectivity index (χ4v) is 5.87. The van der Waals surface area contributed by atoms with Crippen molar-refractivity contribution in [2.45, 2.75) is 53.6 Å². The van der Waals surface area contributed by atoms with Crippen molar-refractivity contribution < 1.29 is 35.5 Å². The molecule has 0 N–H and O–H groups in total. The van der Waals surface area contributed by atoms with E-state index in [1.807, 2.05) is 6.92 Å². The number of alkyl halides is 2. The normalized spacial score (nSPS) is 11.2. The third-order valence-corrected chi connectivity index (χ3v) is 8.87. The number of rotatable bonds is 8. The lowest BCUT2D eigenvalue weighted by molar-refractivity contribution is -0.189. The van der Waals surface area contributed by atoms with Crippen LogP contribution in [0.2, 0.25) is 0 Å². The molecule has 52 heavy (non-hydrogen) atoms. The van der Waals surface area contributed by atoms with Crippen LogP contribution in [0.15, 0.2) is 109 Å². The Bertz CT molecular complexity index is 2060. The third-order valence-electron chi connectivity index (χ3n) is 8.87. The Kier molecular flexibility index (Phi) is 11.6. The van der Waals surface area contributed by atoms with E-state index in [0.717, 1.165) is 18.4 Å². The Morgan fingerprint density at radius 1 is 0.500 bits per heavy atom. The van der Waals surface area contributed by atoms with E-state index in [0.29, 0.717) is 17.7 Å². The minimum atomic E-state index is -4.62. The summed E-state index contributed by atoms with van der Waals surface area (Å²) in [7, 11) is 0. The average Bonchev–Trinajstić information content (AvgIpc) is 3.09. The van der Waals surface area contributed by atoms with Gasteiger partial charge in [0.25, 0.3) is 0 Å². The van der Waals surface area contributed by atoms with Gasteiger partial charge in [-0.05, 0) is 96.3 Å². The van der Waals surface area contributed by atoms with Crippen LogP contribution in [-0.4, -0.2) is 0 Å². The average molecular weight is 715 g/mol. The minimum Gasteiger partial charge on any atom is -0.429 e. The molecule has 0 aromatic heterocycles. The summed E-state index contributed by atoms with van der Waals surface area (Å²) in [5, 5.41) is 0. The van der Waals surface area contributed by atoms with Crippen LogP contribution in [0.4, 0.5) is 30.7 Å². The number of halogens is 7. The third kappa shape index (κ3) is 8.56. The largest absolute Gasteiger partial charge is 0.432 e.